The fourth-order valence-electron chi connectivity index (χ4n) is 2.27. The van der Waals surface area contributed by atoms with Crippen LogP contribution < -0.4 is 5.32 Å². The maximum atomic E-state index is 3.42. The van der Waals surface area contributed by atoms with Crippen molar-refractivity contribution in [3.63, 3.8) is 0 Å². The number of fused-ring (bicyclic) bond motifs is 1. The Morgan fingerprint density at radius 1 is 1.06 bits per heavy atom. The van der Waals surface area contributed by atoms with Crippen molar-refractivity contribution in [3.05, 3.63) is 77.5 Å². The molecule has 2 aromatic rings. The fourth-order valence-corrected chi connectivity index (χ4v) is 2.27. The second-order valence-electron chi connectivity index (χ2n) is 4.27. The molecule has 1 unspecified atom stereocenters. The van der Waals surface area contributed by atoms with E-state index in [1.807, 2.05) is 18.3 Å². The highest BCUT2D eigenvalue weighted by Crippen LogP contribution is 2.25. The summed E-state index contributed by atoms with van der Waals surface area (Å²) in [6.07, 6.45) is 5.14. The molecule has 0 aromatic heterocycles. The Labute approximate surface area is 102 Å². The summed E-state index contributed by atoms with van der Waals surface area (Å²) in [5.41, 5.74) is 3.93. The van der Waals surface area contributed by atoms with Crippen LogP contribution in [-0.2, 0) is 6.42 Å². The van der Waals surface area contributed by atoms with E-state index in [1.165, 1.54) is 16.7 Å². The number of hydrogen-bond acceptors (Lipinski definition) is 1. The van der Waals surface area contributed by atoms with Crippen LogP contribution in [0.3, 0.4) is 0 Å². The van der Waals surface area contributed by atoms with Crippen LogP contribution in [0.25, 0.3) is 6.08 Å². The summed E-state index contributed by atoms with van der Waals surface area (Å²) in [4.78, 5) is 0. The Balaban J connectivity index is 1.88. The van der Waals surface area contributed by atoms with Gasteiger partial charge in [-0.25, -0.2) is 0 Å². The van der Waals surface area contributed by atoms with E-state index in [1.54, 1.807) is 0 Å². The highest BCUT2D eigenvalue weighted by Gasteiger charge is 2.15. The van der Waals surface area contributed by atoms with Gasteiger partial charge in [0.1, 0.15) is 0 Å². The Bertz CT molecular complexity index is 528. The van der Waals surface area contributed by atoms with Crippen LogP contribution in [-0.4, -0.2) is 0 Å². The molecule has 3 rings (SSSR count). The molecule has 0 fully saturated rings. The summed E-state index contributed by atoms with van der Waals surface area (Å²) in [6.45, 7) is 0. The molecule has 1 heteroatoms. The molecule has 1 radical (unpaired) electrons. The molecule has 1 aliphatic rings. The van der Waals surface area contributed by atoms with Gasteiger partial charge in [0.15, 0.2) is 0 Å². The smallest absolute Gasteiger partial charge is 0.0554 e. The minimum atomic E-state index is 0.356. The molecule has 17 heavy (non-hydrogen) atoms. The highest BCUT2D eigenvalue weighted by atomic mass is 14.9. The van der Waals surface area contributed by atoms with E-state index >= 15 is 0 Å². The number of nitrogens with one attached hydrogen (secondary N) is 1. The van der Waals surface area contributed by atoms with Gasteiger partial charge in [-0.1, -0.05) is 48.5 Å². The average molecular weight is 220 g/mol. The molecule has 0 spiro atoms. The molecular formula is C16H14N. The van der Waals surface area contributed by atoms with E-state index < -0.39 is 0 Å². The molecular weight excluding hydrogens is 206 g/mol. The largest absolute Gasteiger partial charge is 0.384 e. The maximum Gasteiger partial charge on any atom is 0.0554 e. The van der Waals surface area contributed by atoms with Gasteiger partial charge in [-0.3, -0.25) is 0 Å². The van der Waals surface area contributed by atoms with Crippen molar-refractivity contribution in [2.45, 2.75) is 12.5 Å². The number of hydrogen-bond donors (Lipinski definition) is 1. The topological polar surface area (TPSA) is 12.0 Å². The predicted octanol–water partition coefficient (Wildman–Crippen LogP) is 3.34. The Morgan fingerprint density at radius 2 is 1.94 bits per heavy atom. The zero-order chi connectivity index (χ0) is 11.5. The van der Waals surface area contributed by atoms with Crippen molar-refractivity contribution in [1.29, 1.82) is 0 Å². The normalized spacial score (nSPS) is 17.3. The quantitative estimate of drug-likeness (QED) is 0.818. The lowest BCUT2D eigenvalue weighted by Crippen LogP contribution is -2.21. The van der Waals surface area contributed by atoms with Crippen molar-refractivity contribution in [1.82, 2.24) is 5.32 Å². The van der Waals surface area contributed by atoms with Gasteiger partial charge in [0.25, 0.3) is 0 Å². The van der Waals surface area contributed by atoms with Crippen LogP contribution in [0.15, 0.2) is 54.7 Å². The zero-order valence-electron chi connectivity index (χ0n) is 9.56. The van der Waals surface area contributed by atoms with Crippen molar-refractivity contribution in [2.24, 2.45) is 0 Å². The second-order valence-corrected chi connectivity index (χ2v) is 4.27. The lowest BCUT2D eigenvalue weighted by atomic mass is 9.93. The van der Waals surface area contributed by atoms with E-state index in [-0.39, 0.29) is 0 Å². The van der Waals surface area contributed by atoms with Crippen molar-refractivity contribution < 1.29 is 0 Å². The summed E-state index contributed by atoms with van der Waals surface area (Å²) in [6, 6.07) is 20.3. The van der Waals surface area contributed by atoms with Gasteiger partial charge in [0, 0.05) is 0 Å². The minimum Gasteiger partial charge on any atom is -0.384 e. The Morgan fingerprint density at radius 3 is 2.82 bits per heavy atom. The fraction of sp³-hybridized carbons (Fsp3) is 0.125. The molecule has 1 heterocycles. The molecule has 1 nitrogen and oxygen atoms in total. The molecule has 2 aromatic carbocycles. The second kappa shape index (κ2) is 4.46. The molecule has 0 aliphatic carbocycles. The van der Waals surface area contributed by atoms with Crippen molar-refractivity contribution >= 4 is 6.08 Å². The standard InChI is InChI=1S/C16H14N/c1-2-6-13(7-3-1)12-16-15-9-5-4-8-14(15)10-11-17-16/h1-6,8-11,16-17H,12H2. The lowest BCUT2D eigenvalue weighted by Gasteiger charge is -2.23. The molecule has 0 amide bonds. The van der Waals surface area contributed by atoms with E-state index in [0.717, 1.165) is 6.42 Å². The summed E-state index contributed by atoms with van der Waals surface area (Å²) in [5.74, 6) is 0. The van der Waals surface area contributed by atoms with Crippen LogP contribution in [0.1, 0.15) is 22.7 Å². The summed E-state index contributed by atoms with van der Waals surface area (Å²) in [7, 11) is 0. The van der Waals surface area contributed by atoms with Gasteiger partial charge in [0.2, 0.25) is 0 Å². The predicted molar refractivity (Wildman–Crippen MR) is 70.3 cm³/mol. The van der Waals surface area contributed by atoms with Gasteiger partial charge in [-0.15, -0.1) is 0 Å². The summed E-state index contributed by atoms with van der Waals surface area (Å²) < 4.78 is 0. The summed E-state index contributed by atoms with van der Waals surface area (Å²) >= 11 is 0. The number of benzene rings is 2. The number of rotatable bonds is 2. The maximum absolute atomic E-state index is 3.42. The first-order chi connectivity index (χ1) is 8.43. The SMILES string of the molecule is [c]1ccccc1CC1NC=Cc2ccccc21. The van der Waals surface area contributed by atoms with E-state index in [9.17, 15) is 0 Å². The Kier molecular flexibility index (Phi) is 2.66. The van der Waals surface area contributed by atoms with E-state index in [4.69, 9.17) is 0 Å². The third kappa shape index (κ3) is 2.09. The van der Waals surface area contributed by atoms with Gasteiger partial charge in [-0.05, 0) is 41.5 Å². The Hall–Kier alpha value is -2.02. The van der Waals surface area contributed by atoms with Crippen LogP contribution in [0.4, 0.5) is 0 Å². The lowest BCUT2D eigenvalue weighted by molar-refractivity contribution is 0.613. The molecule has 1 atom stereocenters. The van der Waals surface area contributed by atoms with Gasteiger partial charge in [0.05, 0.1) is 6.04 Å². The van der Waals surface area contributed by atoms with Gasteiger partial charge < -0.3 is 5.32 Å². The zero-order valence-corrected chi connectivity index (χ0v) is 9.56. The molecule has 1 aliphatic heterocycles. The van der Waals surface area contributed by atoms with E-state index in [0.29, 0.717) is 6.04 Å². The summed E-state index contributed by atoms with van der Waals surface area (Å²) in [5, 5.41) is 3.42. The van der Waals surface area contributed by atoms with Crippen molar-refractivity contribution in [2.75, 3.05) is 0 Å². The first kappa shape index (κ1) is 10.2. The first-order valence-electron chi connectivity index (χ1n) is 5.90. The first-order valence-corrected chi connectivity index (χ1v) is 5.90. The third-order valence-electron chi connectivity index (χ3n) is 3.13. The van der Waals surface area contributed by atoms with Crippen LogP contribution in [0.5, 0.6) is 0 Å². The van der Waals surface area contributed by atoms with Crippen LogP contribution in [0.2, 0.25) is 0 Å². The minimum absolute atomic E-state index is 0.356. The van der Waals surface area contributed by atoms with Crippen LogP contribution in [0, 0.1) is 6.07 Å². The molecule has 1 N–H and O–H groups in total. The molecule has 0 saturated carbocycles. The molecule has 83 valence electrons. The van der Waals surface area contributed by atoms with Gasteiger partial charge >= 0.3 is 0 Å². The third-order valence-corrected chi connectivity index (χ3v) is 3.13. The highest BCUT2D eigenvalue weighted by molar-refractivity contribution is 5.57. The molecule has 0 bridgehead atoms. The van der Waals surface area contributed by atoms with E-state index in [2.05, 4.69) is 53.9 Å². The van der Waals surface area contributed by atoms with Crippen LogP contribution >= 0.6 is 0 Å². The average Bonchev–Trinajstić information content (AvgIpc) is 2.40. The van der Waals surface area contributed by atoms with Gasteiger partial charge in [-0.2, -0.15) is 0 Å². The monoisotopic (exact) mass is 220 g/mol. The molecule has 0 saturated heterocycles. The van der Waals surface area contributed by atoms with Crippen molar-refractivity contribution in [3.8, 4) is 0 Å².